The Morgan fingerprint density at radius 1 is 0.952 bits per heavy atom. The third-order valence-electron chi connectivity index (χ3n) is 3.53. The molecule has 21 heavy (non-hydrogen) atoms. The highest BCUT2D eigenvalue weighted by Crippen LogP contribution is 2.32. The molecular formula is C18H22O3. The molecule has 0 amide bonds. The predicted molar refractivity (Wildman–Crippen MR) is 84.0 cm³/mol. The van der Waals surface area contributed by atoms with Crippen molar-refractivity contribution in [1.29, 1.82) is 0 Å². The molecule has 0 fully saturated rings. The summed E-state index contributed by atoms with van der Waals surface area (Å²) in [5, 5.41) is 10.6. The van der Waals surface area contributed by atoms with E-state index in [1.807, 2.05) is 30.3 Å². The lowest BCUT2D eigenvalue weighted by atomic mass is 9.98. The summed E-state index contributed by atoms with van der Waals surface area (Å²) in [6, 6.07) is 13.6. The summed E-state index contributed by atoms with van der Waals surface area (Å²) in [6.45, 7) is 2.15. The van der Waals surface area contributed by atoms with Crippen LogP contribution in [0.3, 0.4) is 0 Å². The summed E-state index contributed by atoms with van der Waals surface area (Å²) >= 11 is 0. The Balaban J connectivity index is 2.30. The number of benzene rings is 2. The zero-order valence-electron chi connectivity index (χ0n) is 12.8. The lowest BCUT2D eigenvalue weighted by molar-refractivity contribution is 0.219. The Bertz CT molecular complexity index is 593. The molecule has 0 aliphatic carbocycles. The molecule has 2 aromatic carbocycles. The van der Waals surface area contributed by atoms with E-state index in [-0.39, 0.29) is 0 Å². The van der Waals surface area contributed by atoms with Crippen molar-refractivity contribution in [1.82, 2.24) is 0 Å². The zero-order chi connectivity index (χ0) is 15.2. The van der Waals surface area contributed by atoms with Gasteiger partial charge < -0.3 is 14.6 Å². The van der Waals surface area contributed by atoms with Crippen molar-refractivity contribution in [2.24, 2.45) is 0 Å². The molecule has 112 valence electrons. The first-order chi connectivity index (χ1) is 10.2. The minimum atomic E-state index is -0.665. The molecule has 0 saturated carbocycles. The van der Waals surface area contributed by atoms with Gasteiger partial charge in [-0.1, -0.05) is 43.7 Å². The number of hydrogen-bond acceptors (Lipinski definition) is 3. The third-order valence-corrected chi connectivity index (χ3v) is 3.53. The van der Waals surface area contributed by atoms with Gasteiger partial charge in [0.2, 0.25) is 0 Å². The Morgan fingerprint density at radius 3 is 2.33 bits per heavy atom. The summed E-state index contributed by atoms with van der Waals surface area (Å²) in [4.78, 5) is 0. The monoisotopic (exact) mass is 286 g/mol. The summed E-state index contributed by atoms with van der Waals surface area (Å²) in [7, 11) is 3.19. The fraction of sp³-hybridized carbons (Fsp3) is 0.333. The molecule has 2 aromatic rings. The summed E-state index contributed by atoms with van der Waals surface area (Å²) in [6.07, 6.45) is 1.45. The van der Waals surface area contributed by atoms with E-state index in [2.05, 4.69) is 19.1 Å². The molecular weight excluding hydrogens is 264 g/mol. The molecule has 0 saturated heterocycles. The van der Waals surface area contributed by atoms with Crippen LogP contribution in [0.25, 0.3) is 0 Å². The van der Waals surface area contributed by atoms with Gasteiger partial charge in [-0.3, -0.25) is 0 Å². The van der Waals surface area contributed by atoms with Crippen LogP contribution in [0.5, 0.6) is 11.5 Å². The average Bonchev–Trinajstić information content (AvgIpc) is 2.54. The van der Waals surface area contributed by atoms with Crippen LogP contribution in [0.1, 0.15) is 36.1 Å². The van der Waals surface area contributed by atoms with Crippen LogP contribution in [-0.4, -0.2) is 19.3 Å². The third kappa shape index (κ3) is 3.56. The highest BCUT2D eigenvalue weighted by Gasteiger charge is 2.14. The van der Waals surface area contributed by atoms with E-state index in [1.165, 1.54) is 5.56 Å². The quantitative estimate of drug-likeness (QED) is 0.879. The first kappa shape index (κ1) is 15.4. The summed E-state index contributed by atoms with van der Waals surface area (Å²) in [5.41, 5.74) is 2.93. The van der Waals surface area contributed by atoms with Gasteiger partial charge in [-0.05, 0) is 35.2 Å². The number of hydrogen-bond donors (Lipinski definition) is 1. The van der Waals surface area contributed by atoms with Gasteiger partial charge in [-0.25, -0.2) is 0 Å². The number of aryl methyl sites for hydroxylation is 1. The second-order valence-electron chi connectivity index (χ2n) is 5.01. The van der Waals surface area contributed by atoms with Crippen LogP contribution in [0.2, 0.25) is 0 Å². The fourth-order valence-electron chi connectivity index (χ4n) is 2.42. The zero-order valence-corrected chi connectivity index (χ0v) is 12.8. The van der Waals surface area contributed by atoms with Gasteiger partial charge in [-0.2, -0.15) is 0 Å². The smallest absolute Gasteiger partial charge is 0.161 e. The van der Waals surface area contributed by atoms with Crippen LogP contribution in [-0.2, 0) is 6.42 Å². The van der Waals surface area contributed by atoms with Crippen molar-refractivity contribution in [2.75, 3.05) is 14.2 Å². The Morgan fingerprint density at radius 2 is 1.67 bits per heavy atom. The van der Waals surface area contributed by atoms with Crippen molar-refractivity contribution in [3.8, 4) is 11.5 Å². The van der Waals surface area contributed by atoms with E-state index >= 15 is 0 Å². The summed E-state index contributed by atoms with van der Waals surface area (Å²) in [5.74, 6) is 1.28. The average molecular weight is 286 g/mol. The van der Waals surface area contributed by atoms with Crippen LogP contribution >= 0.6 is 0 Å². The highest BCUT2D eigenvalue weighted by atomic mass is 16.5. The number of aliphatic hydroxyl groups excluding tert-OH is 1. The molecule has 2 rings (SSSR count). The molecule has 3 nitrogen and oxygen atoms in total. The summed E-state index contributed by atoms with van der Waals surface area (Å²) < 4.78 is 10.5. The van der Waals surface area contributed by atoms with Gasteiger partial charge >= 0.3 is 0 Å². The van der Waals surface area contributed by atoms with Crippen LogP contribution < -0.4 is 9.47 Å². The largest absolute Gasteiger partial charge is 0.493 e. The van der Waals surface area contributed by atoms with Crippen molar-refractivity contribution >= 4 is 0 Å². The Kier molecular flexibility index (Phi) is 5.23. The highest BCUT2D eigenvalue weighted by molar-refractivity contribution is 5.45. The molecule has 0 aliphatic heterocycles. The number of ether oxygens (including phenoxy) is 2. The lowest BCUT2D eigenvalue weighted by Gasteiger charge is -2.15. The second-order valence-corrected chi connectivity index (χ2v) is 5.01. The first-order valence-corrected chi connectivity index (χ1v) is 7.18. The molecule has 0 spiro atoms. The Labute approximate surface area is 126 Å². The molecule has 1 atom stereocenters. The number of rotatable bonds is 6. The van der Waals surface area contributed by atoms with Gasteiger partial charge in [0, 0.05) is 0 Å². The maximum atomic E-state index is 10.6. The van der Waals surface area contributed by atoms with Crippen molar-refractivity contribution < 1.29 is 14.6 Å². The Hall–Kier alpha value is -2.00. The van der Waals surface area contributed by atoms with Crippen molar-refractivity contribution in [2.45, 2.75) is 25.9 Å². The molecule has 0 aromatic heterocycles. The van der Waals surface area contributed by atoms with Crippen molar-refractivity contribution in [3.63, 3.8) is 0 Å². The van der Waals surface area contributed by atoms with Crippen LogP contribution in [0.4, 0.5) is 0 Å². The molecule has 0 heterocycles. The van der Waals surface area contributed by atoms with E-state index in [0.29, 0.717) is 11.5 Å². The van der Waals surface area contributed by atoms with Gasteiger partial charge in [0.15, 0.2) is 11.5 Å². The minimum Gasteiger partial charge on any atom is -0.493 e. The number of aliphatic hydroxyl groups is 1. The topological polar surface area (TPSA) is 38.7 Å². The molecule has 1 unspecified atom stereocenters. The van der Waals surface area contributed by atoms with E-state index in [1.54, 1.807) is 14.2 Å². The van der Waals surface area contributed by atoms with Gasteiger partial charge in [0.25, 0.3) is 0 Å². The van der Waals surface area contributed by atoms with Gasteiger partial charge in [0.05, 0.1) is 14.2 Å². The van der Waals surface area contributed by atoms with E-state index in [4.69, 9.17) is 9.47 Å². The maximum Gasteiger partial charge on any atom is 0.161 e. The molecule has 0 aliphatic rings. The van der Waals surface area contributed by atoms with Crippen LogP contribution in [0.15, 0.2) is 42.5 Å². The van der Waals surface area contributed by atoms with E-state index in [0.717, 1.165) is 24.0 Å². The molecule has 0 radical (unpaired) electrons. The normalized spacial score (nSPS) is 12.0. The van der Waals surface area contributed by atoms with Crippen LogP contribution in [0, 0.1) is 0 Å². The predicted octanol–water partition coefficient (Wildman–Crippen LogP) is 3.74. The lowest BCUT2D eigenvalue weighted by Crippen LogP contribution is -2.02. The maximum absolute atomic E-state index is 10.6. The first-order valence-electron chi connectivity index (χ1n) is 7.18. The molecule has 1 N–H and O–H groups in total. The van der Waals surface area contributed by atoms with Crippen molar-refractivity contribution in [3.05, 3.63) is 59.2 Å². The number of methoxy groups -OCH3 is 2. The standard InChI is InChI=1S/C18H22O3/c1-4-6-13-7-5-8-14(11-13)18(19)15-9-10-16(20-2)17(12-15)21-3/h5,7-12,18-19H,4,6H2,1-3H3. The second kappa shape index (κ2) is 7.14. The molecule has 3 heteroatoms. The molecule has 0 bridgehead atoms. The van der Waals surface area contributed by atoms with E-state index < -0.39 is 6.10 Å². The van der Waals surface area contributed by atoms with Gasteiger partial charge in [0.1, 0.15) is 6.10 Å². The van der Waals surface area contributed by atoms with Gasteiger partial charge in [-0.15, -0.1) is 0 Å². The van der Waals surface area contributed by atoms with E-state index in [9.17, 15) is 5.11 Å². The minimum absolute atomic E-state index is 0.624. The fourth-order valence-corrected chi connectivity index (χ4v) is 2.42. The SMILES string of the molecule is CCCc1cccc(C(O)c2ccc(OC)c(OC)c2)c1.